The summed E-state index contributed by atoms with van der Waals surface area (Å²) in [6.07, 6.45) is 4.58. The summed E-state index contributed by atoms with van der Waals surface area (Å²) >= 11 is 0. The van der Waals surface area contributed by atoms with E-state index in [-0.39, 0.29) is 23.7 Å². The van der Waals surface area contributed by atoms with Crippen molar-refractivity contribution >= 4 is 5.91 Å². The van der Waals surface area contributed by atoms with Crippen molar-refractivity contribution in [3.05, 3.63) is 0 Å². The molecule has 1 saturated heterocycles. The molecule has 1 saturated carbocycles. The van der Waals surface area contributed by atoms with Crippen molar-refractivity contribution in [1.82, 2.24) is 10.2 Å². The first kappa shape index (κ1) is 16.8. The van der Waals surface area contributed by atoms with Gasteiger partial charge in [0.15, 0.2) is 0 Å². The third-order valence-corrected chi connectivity index (χ3v) is 5.75. The Kier molecular flexibility index (Phi) is 4.99. The van der Waals surface area contributed by atoms with Crippen LogP contribution in [-0.2, 0) is 9.53 Å². The second-order valence-electron chi connectivity index (χ2n) is 7.38. The maximum Gasteiger partial charge on any atom is 0.241 e. The predicted octanol–water partition coefficient (Wildman–Crippen LogP) is 2.77. The smallest absolute Gasteiger partial charge is 0.241 e. The van der Waals surface area contributed by atoms with Gasteiger partial charge in [-0.25, -0.2) is 0 Å². The Bertz CT molecular complexity index is 383. The van der Waals surface area contributed by atoms with E-state index in [1.165, 1.54) is 0 Å². The van der Waals surface area contributed by atoms with Gasteiger partial charge in [0.1, 0.15) is 0 Å². The number of hydrogen-bond acceptors (Lipinski definition) is 3. The molecule has 21 heavy (non-hydrogen) atoms. The third kappa shape index (κ3) is 2.72. The molecule has 1 aliphatic heterocycles. The van der Waals surface area contributed by atoms with Crippen LogP contribution in [0.3, 0.4) is 0 Å². The highest BCUT2D eigenvalue weighted by atomic mass is 16.5. The zero-order valence-corrected chi connectivity index (χ0v) is 14.5. The summed E-state index contributed by atoms with van der Waals surface area (Å²) in [6, 6.07) is 0.289. The molecule has 5 atom stereocenters. The minimum atomic E-state index is -0.0102. The van der Waals surface area contributed by atoms with E-state index in [0.717, 1.165) is 25.7 Å². The summed E-state index contributed by atoms with van der Waals surface area (Å²) in [7, 11) is 1.78. The molecular weight excluding hydrogens is 264 g/mol. The Morgan fingerprint density at radius 2 is 2.10 bits per heavy atom. The van der Waals surface area contributed by atoms with Gasteiger partial charge in [0, 0.05) is 18.6 Å². The summed E-state index contributed by atoms with van der Waals surface area (Å²) < 4.78 is 5.56. The maximum atomic E-state index is 12.9. The Hall–Kier alpha value is -0.610. The zero-order chi connectivity index (χ0) is 15.8. The highest BCUT2D eigenvalue weighted by Gasteiger charge is 2.56. The first-order valence-corrected chi connectivity index (χ1v) is 8.49. The molecule has 2 fully saturated rings. The topological polar surface area (TPSA) is 41.6 Å². The van der Waals surface area contributed by atoms with Crippen molar-refractivity contribution in [2.45, 2.75) is 84.7 Å². The maximum absolute atomic E-state index is 12.9. The molecule has 1 N–H and O–H groups in total. The molecule has 0 bridgehead atoms. The molecule has 0 aromatic rings. The van der Waals surface area contributed by atoms with Crippen LogP contribution in [0.5, 0.6) is 0 Å². The molecule has 2 aliphatic rings. The first-order chi connectivity index (χ1) is 9.88. The van der Waals surface area contributed by atoms with E-state index < -0.39 is 0 Å². The fourth-order valence-corrected chi connectivity index (χ4v) is 3.92. The van der Waals surface area contributed by atoms with Gasteiger partial charge in [0.25, 0.3) is 0 Å². The van der Waals surface area contributed by atoms with Crippen LogP contribution in [0.2, 0.25) is 0 Å². The number of amides is 1. The SMILES string of the molecule is CCCC1NC(C(C)CC)C(=O)N1C1CC(OC)C1(C)C. The Morgan fingerprint density at radius 3 is 2.57 bits per heavy atom. The monoisotopic (exact) mass is 296 g/mol. The van der Waals surface area contributed by atoms with Crippen LogP contribution in [0.15, 0.2) is 0 Å². The van der Waals surface area contributed by atoms with E-state index in [0.29, 0.717) is 17.9 Å². The van der Waals surface area contributed by atoms with Crippen LogP contribution in [0, 0.1) is 11.3 Å². The van der Waals surface area contributed by atoms with Crippen molar-refractivity contribution in [1.29, 1.82) is 0 Å². The molecule has 4 heteroatoms. The molecule has 1 heterocycles. The summed E-state index contributed by atoms with van der Waals surface area (Å²) in [5.74, 6) is 0.693. The molecule has 5 unspecified atom stereocenters. The second kappa shape index (κ2) is 6.25. The van der Waals surface area contributed by atoms with Crippen molar-refractivity contribution in [2.75, 3.05) is 7.11 Å². The molecular formula is C17H32N2O2. The van der Waals surface area contributed by atoms with Gasteiger partial charge in [-0.2, -0.15) is 0 Å². The van der Waals surface area contributed by atoms with Crippen LogP contribution in [0.1, 0.15) is 60.3 Å². The highest BCUT2D eigenvalue weighted by molar-refractivity contribution is 5.85. The lowest BCUT2D eigenvalue weighted by molar-refractivity contribution is -0.163. The minimum absolute atomic E-state index is 0.0102. The van der Waals surface area contributed by atoms with E-state index in [4.69, 9.17) is 4.74 Å². The van der Waals surface area contributed by atoms with E-state index >= 15 is 0 Å². The first-order valence-electron chi connectivity index (χ1n) is 8.49. The normalized spacial score (nSPS) is 36.7. The van der Waals surface area contributed by atoms with Gasteiger partial charge in [-0.3, -0.25) is 10.1 Å². The Balaban J connectivity index is 2.18. The van der Waals surface area contributed by atoms with Crippen LogP contribution in [-0.4, -0.2) is 42.3 Å². The van der Waals surface area contributed by atoms with Gasteiger partial charge in [-0.05, 0) is 18.8 Å². The molecule has 0 aromatic heterocycles. The zero-order valence-electron chi connectivity index (χ0n) is 14.5. The molecule has 1 amide bonds. The van der Waals surface area contributed by atoms with Gasteiger partial charge in [-0.15, -0.1) is 0 Å². The molecule has 1 aliphatic carbocycles. The van der Waals surface area contributed by atoms with Gasteiger partial charge in [0.2, 0.25) is 5.91 Å². The lowest BCUT2D eigenvalue weighted by Crippen LogP contribution is -2.64. The van der Waals surface area contributed by atoms with Crippen molar-refractivity contribution in [2.24, 2.45) is 11.3 Å². The lowest BCUT2D eigenvalue weighted by Gasteiger charge is -2.55. The largest absolute Gasteiger partial charge is 0.381 e. The van der Waals surface area contributed by atoms with Crippen molar-refractivity contribution in [3.8, 4) is 0 Å². The average Bonchev–Trinajstić information content (AvgIpc) is 2.75. The molecule has 0 aromatic carbocycles. The number of carbonyl (C=O) groups excluding carboxylic acids is 1. The molecule has 4 nitrogen and oxygen atoms in total. The predicted molar refractivity (Wildman–Crippen MR) is 84.9 cm³/mol. The van der Waals surface area contributed by atoms with Crippen molar-refractivity contribution < 1.29 is 9.53 Å². The summed E-state index contributed by atoms with van der Waals surface area (Å²) in [4.78, 5) is 15.1. The Morgan fingerprint density at radius 1 is 1.43 bits per heavy atom. The second-order valence-corrected chi connectivity index (χ2v) is 7.38. The van der Waals surface area contributed by atoms with E-state index in [1.807, 2.05) is 0 Å². The van der Waals surface area contributed by atoms with Gasteiger partial charge >= 0.3 is 0 Å². The number of nitrogens with one attached hydrogen (secondary N) is 1. The molecule has 2 rings (SSSR count). The van der Waals surface area contributed by atoms with Gasteiger partial charge in [0.05, 0.1) is 18.3 Å². The summed E-state index contributed by atoms with van der Waals surface area (Å²) in [5.41, 5.74) is 0.0441. The van der Waals surface area contributed by atoms with Crippen LogP contribution in [0.4, 0.5) is 0 Å². The van der Waals surface area contributed by atoms with Gasteiger partial charge < -0.3 is 9.64 Å². The fraction of sp³-hybridized carbons (Fsp3) is 0.941. The van der Waals surface area contributed by atoms with E-state index in [1.54, 1.807) is 7.11 Å². The van der Waals surface area contributed by atoms with Crippen LogP contribution in [0.25, 0.3) is 0 Å². The van der Waals surface area contributed by atoms with Crippen LogP contribution < -0.4 is 5.32 Å². The number of methoxy groups -OCH3 is 1. The molecule has 0 spiro atoms. The number of ether oxygens (including phenoxy) is 1. The Labute approximate surface area is 129 Å². The number of carbonyl (C=O) groups is 1. The summed E-state index contributed by atoms with van der Waals surface area (Å²) in [5, 5.41) is 3.60. The van der Waals surface area contributed by atoms with E-state index in [2.05, 4.69) is 44.8 Å². The minimum Gasteiger partial charge on any atom is -0.381 e. The molecule has 122 valence electrons. The van der Waals surface area contributed by atoms with E-state index in [9.17, 15) is 4.79 Å². The highest BCUT2D eigenvalue weighted by Crippen LogP contribution is 2.47. The number of nitrogens with zero attached hydrogens (tertiary/aromatic N) is 1. The average molecular weight is 296 g/mol. The standard InChI is InChI=1S/C17H32N2O2/c1-7-9-14-18-15(11(3)8-2)16(20)19(14)12-10-13(21-6)17(12,4)5/h11-15,18H,7-10H2,1-6H3. The molecule has 0 radical (unpaired) electrons. The number of rotatable bonds is 6. The van der Waals surface area contributed by atoms with Crippen molar-refractivity contribution in [3.63, 3.8) is 0 Å². The quantitative estimate of drug-likeness (QED) is 0.819. The number of hydrogen-bond donors (Lipinski definition) is 1. The fourth-order valence-electron chi connectivity index (χ4n) is 3.92. The third-order valence-electron chi connectivity index (χ3n) is 5.75. The van der Waals surface area contributed by atoms with Crippen LogP contribution >= 0.6 is 0 Å². The van der Waals surface area contributed by atoms with Gasteiger partial charge in [-0.1, -0.05) is 47.5 Å². The summed E-state index contributed by atoms with van der Waals surface area (Å²) in [6.45, 7) is 11.0. The lowest BCUT2D eigenvalue weighted by atomic mass is 9.63.